The molecule has 1 amide bonds. The molecule has 3 N–H and O–H groups in total. The van der Waals surface area contributed by atoms with Gasteiger partial charge >= 0.3 is 0 Å². The average molecular weight is 299 g/mol. The fraction of sp³-hybridized carbons (Fsp3) is 0.412. The number of carbonyl (C=O) groups excluding carboxylic acids is 1. The Balaban J connectivity index is 1.57. The molecule has 3 rings (SSSR count). The summed E-state index contributed by atoms with van der Waals surface area (Å²) >= 11 is 0. The quantitative estimate of drug-likeness (QED) is 0.908. The van der Waals surface area contributed by atoms with Crippen molar-refractivity contribution < 1.29 is 9.21 Å². The zero-order valence-electron chi connectivity index (χ0n) is 12.5. The van der Waals surface area contributed by atoms with Crippen LogP contribution in [0, 0.1) is 5.92 Å². The number of aromatic nitrogens is 1. The number of benzene rings is 1. The van der Waals surface area contributed by atoms with Crippen molar-refractivity contribution in [3.63, 3.8) is 0 Å². The fourth-order valence-electron chi connectivity index (χ4n) is 3.02. The molecule has 2 unspecified atom stereocenters. The molecule has 1 aromatic carbocycles. The van der Waals surface area contributed by atoms with E-state index in [0.29, 0.717) is 18.1 Å². The fourth-order valence-corrected chi connectivity index (χ4v) is 3.02. The van der Waals surface area contributed by atoms with E-state index in [4.69, 9.17) is 10.2 Å². The molecule has 0 saturated heterocycles. The Hall–Kier alpha value is -2.14. The van der Waals surface area contributed by atoms with Crippen LogP contribution in [-0.2, 0) is 4.79 Å². The van der Waals surface area contributed by atoms with Crippen molar-refractivity contribution in [3.8, 4) is 11.3 Å². The van der Waals surface area contributed by atoms with Crippen LogP contribution in [0.3, 0.4) is 0 Å². The second-order valence-electron chi connectivity index (χ2n) is 5.90. The van der Waals surface area contributed by atoms with Gasteiger partial charge in [-0.15, -0.1) is 0 Å². The molecule has 0 aliphatic heterocycles. The number of anilines is 1. The number of oxazole rings is 1. The molecular weight excluding hydrogens is 278 g/mol. The Labute approximate surface area is 129 Å². The van der Waals surface area contributed by atoms with E-state index in [1.807, 2.05) is 24.3 Å². The molecule has 0 radical (unpaired) electrons. The van der Waals surface area contributed by atoms with Gasteiger partial charge in [-0.1, -0.05) is 12.8 Å². The third-order valence-corrected chi connectivity index (χ3v) is 4.30. The van der Waals surface area contributed by atoms with E-state index in [2.05, 4.69) is 10.3 Å². The van der Waals surface area contributed by atoms with Crippen molar-refractivity contribution in [3.05, 3.63) is 36.9 Å². The lowest BCUT2D eigenvalue weighted by atomic mass is 9.83. The summed E-state index contributed by atoms with van der Waals surface area (Å²) in [6.45, 7) is 0. The molecule has 0 bridgehead atoms. The molecule has 1 aliphatic carbocycles. The Kier molecular flexibility index (Phi) is 4.53. The lowest BCUT2D eigenvalue weighted by molar-refractivity contribution is -0.117. The molecule has 5 heteroatoms. The first-order chi connectivity index (χ1) is 10.7. The standard InChI is InChI=1S/C17H21N3O2/c18-15-4-2-1-3-13(15)9-17(21)20-14-7-5-12(6-8-14)16-10-19-11-22-16/h5-8,10-11,13,15H,1-4,9,18H2,(H,20,21). The number of nitrogens with one attached hydrogen (secondary N) is 1. The molecule has 1 heterocycles. The summed E-state index contributed by atoms with van der Waals surface area (Å²) in [5.74, 6) is 1.06. The SMILES string of the molecule is NC1CCCCC1CC(=O)Nc1ccc(-c2cnco2)cc1. The normalized spacial score (nSPS) is 21.5. The van der Waals surface area contributed by atoms with E-state index in [1.54, 1.807) is 6.20 Å². The number of nitrogens with zero attached hydrogens (tertiary/aromatic N) is 1. The van der Waals surface area contributed by atoms with Gasteiger partial charge in [0, 0.05) is 23.7 Å². The Morgan fingerprint density at radius 2 is 2.05 bits per heavy atom. The van der Waals surface area contributed by atoms with E-state index in [9.17, 15) is 4.79 Å². The lowest BCUT2D eigenvalue weighted by Crippen LogP contribution is -2.35. The Morgan fingerprint density at radius 3 is 2.73 bits per heavy atom. The summed E-state index contributed by atoms with van der Waals surface area (Å²) in [6.07, 6.45) is 8.02. The second kappa shape index (κ2) is 6.75. The summed E-state index contributed by atoms with van der Waals surface area (Å²) in [5, 5.41) is 2.94. The van der Waals surface area contributed by atoms with Gasteiger partial charge in [0.15, 0.2) is 12.2 Å². The van der Waals surface area contributed by atoms with E-state index < -0.39 is 0 Å². The summed E-state index contributed by atoms with van der Waals surface area (Å²) in [4.78, 5) is 16.0. The van der Waals surface area contributed by atoms with Crippen molar-refractivity contribution in [1.29, 1.82) is 0 Å². The maximum absolute atomic E-state index is 12.1. The molecule has 2 atom stereocenters. The molecule has 22 heavy (non-hydrogen) atoms. The van der Waals surface area contributed by atoms with Crippen molar-refractivity contribution in [2.24, 2.45) is 11.7 Å². The van der Waals surface area contributed by atoms with Crippen molar-refractivity contribution in [1.82, 2.24) is 4.98 Å². The van der Waals surface area contributed by atoms with Crippen LogP contribution in [0.25, 0.3) is 11.3 Å². The average Bonchev–Trinajstić information content (AvgIpc) is 3.05. The largest absolute Gasteiger partial charge is 0.444 e. The van der Waals surface area contributed by atoms with Crippen LogP contribution in [0.1, 0.15) is 32.1 Å². The van der Waals surface area contributed by atoms with E-state index in [0.717, 1.165) is 24.1 Å². The number of carbonyl (C=O) groups is 1. The van der Waals surface area contributed by atoms with Gasteiger partial charge < -0.3 is 15.5 Å². The molecule has 1 saturated carbocycles. The van der Waals surface area contributed by atoms with E-state index in [1.165, 1.54) is 19.2 Å². The highest BCUT2D eigenvalue weighted by atomic mass is 16.3. The topological polar surface area (TPSA) is 81.2 Å². The summed E-state index contributed by atoms with van der Waals surface area (Å²) in [7, 11) is 0. The zero-order valence-corrected chi connectivity index (χ0v) is 12.5. The molecule has 5 nitrogen and oxygen atoms in total. The van der Waals surface area contributed by atoms with Gasteiger partial charge in [-0.2, -0.15) is 0 Å². The minimum atomic E-state index is 0.0368. The third kappa shape index (κ3) is 3.54. The van der Waals surface area contributed by atoms with Crippen molar-refractivity contribution >= 4 is 11.6 Å². The summed E-state index contributed by atoms with van der Waals surface area (Å²) < 4.78 is 5.24. The molecule has 2 aromatic rings. The highest BCUT2D eigenvalue weighted by Gasteiger charge is 2.24. The van der Waals surface area contributed by atoms with Gasteiger partial charge in [-0.3, -0.25) is 4.79 Å². The number of amides is 1. The molecule has 1 aromatic heterocycles. The van der Waals surface area contributed by atoms with Crippen LogP contribution in [0.5, 0.6) is 0 Å². The predicted molar refractivity (Wildman–Crippen MR) is 85.1 cm³/mol. The predicted octanol–water partition coefficient (Wildman–Crippen LogP) is 3.19. The smallest absolute Gasteiger partial charge is 0.224 e. The summed E-state index contributed by atoms with van der Waals surface area (Å²) in [6, 6.07) is 7.71. The zero-order chi connectivity index (χ0) is 15.4. The minimum absolute atomic E-state index is 0.0368. The maximum Gasteiger partial charge on any atom is 0.224 e. The lowest BCUT2D eigenvalue weighted by Gasteiger charge is -2.27. The van der Waals surface area contributed by atoms with Crippen molar-refractivity contribution in [2.75, 3.05) is 5.32 Å². The van der Waals surface area contributed by atoms with Gasteiger partial charge in [0.2, 0.25) is 5.91 Å². The highest BCUT2D eigenvalue weighted by Crippen LogP contribution is 2.26. The van der Waals surface area contributed by atoms with Crippen LogP contribution < -0.4 is 11.1 Å². The molecule has 0 spiro atoms. The number of nitrogens with two attached hydrogens (primary N) is 1. The van der Waals surface area contributed by atoms with Gasteiger partial charge in [-0.25, -0.2) is 4.98 Å². The van der Waals surface area contributed by atoms with E-state index in [-0.39, 0.29) is 11.9 Å². The van der Waals surface area contributed by atoms with Crippen LogP contribution in [0.15, 0.2) is 41.3 Å². The maximum atomic E-state index is 12.1. The second-order valence-corrected chi connectivity index (χ2v) is 5.90. The molecule has 116 valence electrons. The van der Waals surface area contributed by atoms with Gasteiger partial charge in [0.1, 0.15) is 0 Å². The monoisotopic (exact) mass is 299 g/mol. The minimum Gasteiger partial charge on any atom is -0.444 e. The molecule has 1 aliphatic rings. The first-order valence-electron chi connectivity index (χ1n) is 7.77. The van der Waals surface area contributed by atoms with Crippen LogP contribution in [0.2, 0.25) is 0 Å². The molecule has 1 fully saturated rings. The van der Waals surface area contributed by atoms with E-state index >= 15 is 0 Å². The third-order valence-electron chi connectivity index (χ3n) is 4.30. The number of hydrogen-bond acceptors (Lipinski definition) is 4. The Bertz CT molecular complexity index is 607. The first-order valence-corrected chi connectivity index (χ1v) is 7.77. The summed E-state index contributed by atoms with van der Waals surface area (Å²) in [5.41, 5.74) is 7.82. The number of hydrogen-bond donors (Lipinski definition) is 2. The number of rotatable bonds is 4. The Morgan fingerprint density at radius 1 is 1.27 bits per heavy atom. The van der Waals surface area contributed by atoms with Crippen LogP contribution in [-0.4, -0.2) is 16.9 Å². The molecular formula is C17H21N3O2. The van der Waals surface area contributed by atoms with Crippen LogP contribution >= 0.6 is 0 Å². The highest BCUT2D eigenvalue weighted by molar-refractivity contribution is 5.91. The van der Waals surface area contributed by atoms with Gasteiger partial charge in [-0.05, 0) is 43.0 Å². The van der Waals surface area contributed by atoms with Gasteiger partial charge in [0.05, 0.1) is 6.20 Å². The first kappa shape index (κ1) is 14.8. The van der Waals surface area contributed by atoms with Gasteiger partial charge in [0.25, 0.3) is 0 Å². The van der Waals surface area contributed by atoms with Crippen molar-refractivity contribution in [2.45, 2.75) is 38.1 Å². The van der Waals surface area contributed by atoms with Crippen LogP contribution in [0.4, 0.5) is 5.69 Å².